The first-order valence-corrected chi connectivity index (χ1v) is 5.31. The number of ether oxygens (including phenoxy) is 1. The summed E-state index contributed by atoms with van der Waals surface area (Å²) in [5.74, 6) is 0.328. The van der Waals surface area contributed by atoms with Crippen molar-refractivity contribution in [3.8, 4) is 0 Å². The highest BCUT2D eigenvalue weighted by Crippen LogP contribution is 2.47. The molecule has 2 atom stereocenters. The van der Waals surface area contributed by atoms with Crippen LogP contribution in [0.4, 0.5) is 0 Å². The minimum absolute atomic E-state index is 0.0643. The molecule has 0 spiro atoms. The van der Waals surface area contributed by atoms with Crippen molar-refractivity contribution in [2.24, 2.45) is 5.92 Å². The number of rotatable bonds is 3. The van der Waals surface area contributed by atoms with Gasteiger partial charge in [-0.2, -0.15) is 0 Å². The van der Waals surface area contributed by atoms with Gasteiger partial charge < -0.3 is 4.74 Å². The van der Waals surface area contributed by atoms with Gasteiger partial charge in [-0.1, -0.05) is 6.07 Å². The van der Waals surface area contributed by atoms with Crippen molar-refractivity contribution < 1.29 is 9.53 Å². The Morgan fingerprint density at radius 3 is 3.00 bits per heavy atom. The van der Waals surface area contributed by atoms with E-state index in [0.29, 0.717) is 12.5 Å². The third-order valence-corrected chi connectivity index (χ3v) is 2.74. The molecule has 1 aliphatic rings. The first kappa shape index (κ1) is 10.1. The van der Waals surface area contributed by atoms with Gasteiger partial charge in [-0.3, -0.25) is 9.78 Å². The van der Waals surface area contributed by atoms with E-state index in [1.54, 1.807) is 0 Å². The van der Waals surface area contributed by atoms with Crippen LogP contribution < -0.4 is 0 Å². The Balaban J connectivity index is 1.98. The predicted molar refractivity (Wildman–Crippen MR) is 56.5 cm³/mol. The molecule has 0 radical (unpaired) electrons. The van der Waals surface area contributed by atoms with Crippen LogP contribution in [0.1, 0.15) is 30.5 Å². The zero-order valence-corrected chi connectivity index (χ0v) is 9.06. The van der Waals surface area contributed by atoms with Gasteiger partial charge in [0.15, 0.2) is 0 Å². The number of pyridine rings is 1. The monoisotopic (exact) mass is 205 g/mol. The van der Waals surface area contributed by atoms with Crippen LogP contribution in [-0.2, 0) is 9.53 Å². The van der Waals surface area contributed by atoms with Gasteiger partial charge in [0, 0.05) is 11.9 Å². The lowest BCUT2D eigenvalue weighted by molar-refractivity contribution is -0.144. The lowest BCUT2D eigenvalue weighted by Crippen LogP contribution is -2.07. The van der Waals surface area contributed by atoms with Crippen LogP contribution in [0, 0.1) is 12.8 Å². The third kappa shape index (κ3) is 2.17. The molecule has 1 heterocycles. The van der Waals surface area contributed by atoms with E-state index < -0.39 is 0 Å². The maximum Gasteiger partial charge on any atom is 0.309 e. The fourth-order valence-corrected chi connectivity index (χ4v) is 1.77. The molecule has 0 saturated heterocycles. The molecule has 0 N–H and O–H groups in total. The van der Waals surface area contributed by atoms with E-state index in [0.717, 1.165) is 17.7 Å². The second-order valence-electron chi connectivity index (χ2n) is 3.93. The van der Waals surface area contributed by atoms with Gasteiger partial charge in [0.05, 0.1) is 12.5 Å². The van der Waals surface area contributed by atoms with E-state index in [-0.39, 0.29) is 11.9 Å². The van der Waals surface area contributed by atoms with E-state index in [9.17, 15) is 4.79 Å². The van der Waals surface area contributed by atoms with Gasteiger partial charge in [-0.05, 0) is 37.8 Å². The normalized spacial score (nSPS) is 23.6. The molecule has 80 valence electrons. The van der Waals surface area contributed by atoms with E-state index in [2.05, 4.69) is 4.98 Å². The molecule has 0 aliphatic heterocycles. The molecular formula is C12H15NO2. The van der Waals surface area contributed by atoms with Gasteiger partial charge in [0.2, 0.25) is 0 Å². The summed E-state index contributed by atoms with van der Waals surface area (Å²) in [5.41, 5.74) is 2.16. The van der Waals surface area contributed by atoms with Crippen molar-refractivity contribution in [1.82, 2.24) is 4.98 Å². The Morgan fingerprint density at radius 1 is 1.60 bits per heavy atom. The summed E-state index contributed by atoms with van der Waals surface area (Å²) in [6.07, 6.45) is 2.77. The summed E-state index contributed by atoms with van der Waals surface area (Å²) in [6.45, 7) is 4.26. The third-order valence-electron chi connectivity index (χ3n) is 2.74. The Morgan fingerprint density at radius 2 is 2.40 bits per heavy atom. The molecule has 1 aromatic heterocycles. The van der Waals surface area contributed by atoms with Crippen molar-refractivity contribution in [2.75, 3.05) is 6.61 Å². The van der Waals surface area contributed by atoms with Crippen LogP contribution in [0.2, 0.25) is 0 Å². The second-order valence-corrected chi connectivity index (χ2v) is 3.93. The number of carbonyl (C=O) groups is 1. The molecule has 1 aliphatic carbocycles. The van der Waals surface area contributed by atoms with Crippen molar-refractivity contribution in [2.45, 2.75) is 26.2 Å². The molecule has 3 nitrogen and oxygen atoms in total. The summed E-state index contributed by atoms with van der Waals surface area (Å²) in [5, 5.41) is 0. The van der Waals surface area contributed by atoms with E-state index in [4.69, 9.17) is 4.74 Å². The number of hydrogen-bond donors (Lipinski definition) is 0. The van der Waals surface area contributed by atoms with Crippen molar-refractivity contribution in [3.63, 3.8) is 0 Å². The molecule has 15 heavy (non-hydrogen) atoms. The highest BCUT2D eigenvalue weighted by atomic mass is 16.5. The number of aromatic nitrogens is 1. The lowest BCUT2D eigenvalue weighted by Gasteiger charge is -2.01. The Bertz CT molecular complexity index is 358. The first-order valence-electron chi connectivity index (χ1n) is 5.31. The molecule has 0 unspecified atom stereocenters. The Hall–Kier alpha value is -1.38. The van der Waals surface area contributed by atoms with Gasteiger partial charge in [0.1, 0.15) is 0 Å². The van der Waals surface area contributed by atoms with Gasteiger partial charge in [0.25, 0.3) is 0 Å². The summed E-state index contributed by atoms with van der Waals surface area (Å²) in [4.78, 5) is 15.6. The number of aryl methyl sites for hydroxylation is 1. The van der Waals surface area contributed by atoms with Crippen molar-refractivity contribution in [1.29, 1.82) is 0 Å². The molecule has 1 fully saturated rings. The minimum Gasteiger partial charge on any atom is -0.466 e. The SMILES string of the molecule is CCOC(=O)[C@H]1C[C@@H]1c1ccc(C)nc1. The number of hydrogen-bond acceptors (Lipinski definition) is 3. The zero-order valence-electron chi connectivity index (χ0n) is 9.06. The molecule has 0 aromatic carbocycles. The van der Waals surface area contributed by atoms with E-state index in [1.807, 2.05) is 32.2 Å². The van der Waals surface area contributed by atoms with Crippen molar-refractivity contribution in [3.05, 3.63) is 29.6 Å². The average Bonchev–Trinajstić information content (AvgIpc) is 2.99. The molecule has 3 heteroatoms. The molecule has 1 aromatic rings. The summed E-state index contributed by atoms with van der Waals surface area (Å²) in [6, 6.07) is 4.03. The quantitative estimate of drug-likeness (QED) is 0.709. The Kier molecular flexibility index (Phi) is 2.71. The first-order chi connectivity index (χ1) is 7.22. The average molecular weight is 205 g/mol. The highest BCUT2D eigenvalue weighted by Gasteiger charge is 2.45. The molecule has 0 amide bonds. The number of nitrogens with zero attached hydrogens (tertiary/aromatic N) is 1. The summed E-state index contributed by atoms with van der Waals surface area (Å²) in [7, 11) is 0. The fraction of sp³-hybridized carbons (Fsp3) is 0.500. The lowest BCUT2D eigenvalue weighted by atomic mass is 10.1. The molecule has 1 saturated carbocycles. The largest absolute Gasteiger partial charge is 0.466 e. The molecule has 0 bridgehead atoms. The molecular weight excluding hydrogens is 190 g/mol. The Labute approximate surface area is 89.5 Å². The standard InChI is InChI=1S/C12H15NO2/c1-3-15-12(14)11-6-10(11)9-5-4-8(2)13-7-9/h4-5,7,10-11H,3,6H2,1-2H3/t10-,11+/m1/s1. The smallest absolute Gasteiger partial charge is 0.309 e. The predicted octanol–water partition coefficient (Wildman–Crippen LogP) is 2.06. The summed E-state index contributed by atoms with van der Waals surface area (Å²) < 4.78 is 4.98. The zero-order chi connectivity index (χ0) is 10.8. The van der Waals surface area contributed by atoms with Crippen LogP contribution >= 0.6 is 0 Å². The van der Waals surface area contributed by atoms with Crippen LogP contribution in [0.3, 0.4) is 0 Å². The van der Waals surface area contributed by atoms with Crippen LogP contribution in [0.25, 0.3) is 0 Å². The van der Waals surface area contributed by atoms with Crippen molar-refractivity contribution >= 4 is 5.97 Å². The second kappa shape index (κ2) is 4.01. The number of esters is 1. The van der Waals surface area contributed by atoms with Crippen LogP contribution in [0.5, 0.6) is 0 Å². The fourth-order valence-electron chi connectivity index (χ4n) is 1.77. The topological polar surface area (TPSA) is 39.2 Å². The number of carbonyl (C=O) groups excluding carboxylic acids is 1. The maximum atomic E-state index is 11.4. The maximum absolute atomic E-state index is 11.4. The van der Waals surface area contributed by atoms with E-state index in [1.165, 1.54) is 0 Å². The van der Waals surface area contributed by atoms with Gasteiger partial charge >= 0.3 is 5.97 Å². The van der Waals surface area contributed by atoms with Gasteiger partial charge in [-0.15, -0.1) is 0 Å². The highest BCUT2D eigenvalue weighted by molar-refractivity contribution is 5.77. The summed E-state index contributed by atoms with van der Waals surface area (Å²) >= 11 is 0. The van der Waals surface area contributed by atoms with E-state index >= 15 is 0 Å². The van der Waals surface area contributed by atoms with Gasteiger partial charge in [-0.25, -0.2) is 0 Å². The molecule has 2 rings (SSSR count). The minimum atomic E-state index is -0.0666. The van der Waals surface area contributed by atoms with Crippen LogP contribution in [-0.4, -0.2) is 17.6 Å². The van der Waals surface area contributed by atoms with Crippen LogP contribution in [0.15, 0.2) is 18.3 Å².